The third kappa shape index (κ3) is 2.95. The monoisotopic (exact) mass is 376 g/mol. The van der Waals surface area contributed by atoms with Gasteiger partial charge in [0.1, 0.15) is 0 Å². The van der Waals surface area contributed by atoms with Gasteiger partial charge in [0.25, 0.3) is 0 Å². The molecule has 0 saturated heterocycles. The molecule has 0 spiro atoms. The van der Waals surface area contributed by atoms with Gasteiger partial charge in [-0.2, -0.15) is 0 Å². The summed E-state index contributed by atoms with van der Waals surface area (Å²) in [6.45, 7) is 11.6. The van der Waals surface area contributed by atoms with Gasteiger partial charge in [-0.3, -0.25) is 0 Å². The Labute approximate surface area is 167 Å². The second kappa shape index (κ2) is 6.73. The van der Waals surface area contributed by atoms with E-state index in [0.717, 1.165) is 42.9 Å². The summed E-state index contributed by atoms with van der Waals surface area (Å²) < 4.78 is 0. The summed E-state index contributed by atoms with van der Waals surface area (Å²) >= 11 is 0. The minimum atomic E-state index is -0.384. The molecule has 156 valence electrons. The topological polar surface area (TPSA) is 40.5 Å². The number of hydrogen-bond donors (Lipinski definition) is 2. The zero-order valence-electron chi connectivity index (χ0n) is 18.5. The predicted octanol–water partition coefficient (Wildman–Crippen LogP) is 5.80. The number of fused-ring (bicyclic) bond motifs is 5. The average molecular weight is 377 g/mol. The summed E-state index contributed by atoms with van der Waals surface area (Å²) in [5, 5.41) is 21.2. The standard InChI is InChI=1S/C25H44O2/c1-6-25(27)14-13-23(4)18(15-25)7-8-19-21-10-9-20(16(2)17(3)26)24(21,5)12-11-22(19)23/h16-22,26-27H,6-15H2,1-5H3/t16-,17-,18-,19+,20-,21+,22+,23+,24-,25-/m1/s1. The van der Waals surface area contributed by atoms with Crippen LogP contribution in [0, 0.1) is 46.3 Å². The summed E-state index contributed by atoms with van der Waals surface area (Å²) in [7, 11) is 0. The first-order chi connectivity index (χ1) is 12.6. The van der Waals surface area contributed by atoms with Crippen LogP contribution in [0.5, 0.6) is 0 Å². The van der Waals surface area contributed by atoms with Crippen LogP contribution in [0.4, 0.5) is 0 Å². The highest BCUT2D eigenvalue weighted by Crippen LogP contribution is 2.68. The summed E-state index contributed by atoms with van der Waals surface area (Å²) in [5.41, 5.74) is 0.518. The largest absolute Gasteiger partial charge is 0.393 e. The molecule has 4 aliphatic carbocycles. The highest BCUT2D eigenvalue weighted by molar-refractivity contribution is 5.11. The predicted molar refractivity (Wildman–Crippen MR) is 111 cm³/mol. The number of aliphatic hydroxyl groups excluding tert-OH is 1. The third-order valence-electron chi connectivity index (χ3n) is 10.9. The van der Waals surface area contributed by atoms with Crippen LogP contribution in [0.2, 0.25) is 0 Å². The lowest BCUT2D eigenvalue weighted by Gasteiger charge is -2.62. The van der Waals surface area contributed by atoms with Gasteiger partial charge in [0.15, 0.2) is 0 Å². The Morgan fingerprint density at radius 3 is 2.26 bits per heavy atom. The first-order valence-corrected chi connectivity index (χ1v) is 12.0. The van der Waals surface area contributed by atoms with Crippen LogP contribution in [0.3, 0.4) is 0 Å². The van der Waals surface area contributed by atoms with E-state index in [-0.39, 0.29) is 11.7 Å². The molecule has 2 nitrogen and oxygen atoms in total. The van der Waals surface area contributed by atoms with Crippen molar-refractivity contribution in [2.24, 2.45) is 46.3 Å². The maximum atomic E-state index is 10.9. The number of rotatable bonds is 3. The van der Waals surface area contributed by atoms with Gasteiger partial charge in [0.05, 0.1) is 11.7 Å². The lowest BCUT2D eigenvalue weighted by Crippen LogP contribution is -2.56. The molecule has 4 aliphatic rings. The molecule has 0 aromatic rings. The van der Waals surface area contributed by atoms with Gasteiger partial charge in [-0.1, -0.05) is 27.7 Å². The molecule has 0 amide bonds. The van der Waals surface area contributed by atoms with Gasteiger partial charge in [0, 0.05) is 0 Å². The van der Waals surface area contributed by atoms with Crippen molar-refractivity contribution >= 4 is 0 Å². The fourth-order valence-corrected chi connectivity index (χ4v) is 8.88. The second-order valence-corrected chi connectivity index (χ2v) is 11.8. The summed E-state index contributed by atoms with van der Waals surface area (Å²) in [5.74, 6) is 4.49. The van der Waals surface area contributed by atoms with Crippen LogP contribution < -0.4 is 0 Å². The normalized spacial score (nSPS) is 54.6. The number of hydrogen-bond acceptors (Lipinski definition) is 2. The molecular weight excluding hydrogens is 332 g/mol. The van der Waals surface area contributed by atoms with E-state index < -0.39 is 0 Å². The highest BCUT2D eigenvalue weighted by atomic mass is 16.3. The maximum absolute atomic E-state index is 10.9. The Hall–Kier alpha value is -0.0800. The van der Waals surface area contributed by atoms with E-state index in [9.17, 15) is 10.2 Å². The smallest absolute Gasteiger partial charge is 0.0648 e. The zero-order valence-corrected chi connectivity index (χ0v) is 18.5. The molecule has 4 fully saturated rings. The highest BCUT2D eigenvalue weighted by Gasteiger charge is 2.61. The van der Waals surface area contributed by atoms with Crippen LogP contribution >= 0.6 is 0 Å². The minimum absolute atomic E-state index is 0.179. The van der Waals surface area contributed by atoms with E-state index in [2.05, 4.69) is 27.7 Å². The van der Waals surface area contributed by atoms with E-state index in [4.69, 9.17) is 0 Å². The Bertz CT molecular complexity index is 559. The molecule has 4 saturated carbocycles. The summed E-state index contributed by atoms with van der Waals surface area (Å²) in [4.78, 5) is 0. The van der Waals surface area contributed by atoms with Crippen molar-refractivity contribution in [2.45, 2.75) is 111 Å². The molecule has 4 rings (SSSR count). The Balaban J connectivity index is 1.56. The van der Waals surface area contributed by atoms with Gasteiger partial charge in [0.2, 0.25) is 0 Å². The minimum Gasteiger partial charge on any atom is -0.393 e. The van der Waals surface area contributed by atoms with Crippen LogP contribution in [0.15, 0.2) is 0 Å². The molecule has 0 radical (unpaired) electrons. The third-order valence-corrected chi connectivity index (χ3v) is 10.9. The number of aliphatic hydroxyl groups is 2. The maximum Gasteiger partial charge on any atom is 0.0648 e. The summed E-state index contributed by atoms with van der Waals surface area (Å²) in [6, 6.07) is 0. The first-order valence-electron chi connectivity index (χ1n) is 12.0. The molecule has 0 bridgehead atoms. The fourth-order valence-electron chi connectivity index (χ4n) is 8.88. The lowest BCUT2D eigenvalue weighted by molar-refractivity contribution is -0.154. The van der Waals surface area contributed by atoms with E-state index in [1.165, 1.54) is 44.9 Å². The molecule has 27 heavy (non-hydrogen) atoms. The SMILES string of the molecule is CC[C@@]1(O)CC[C@@]2(C)[C@H](CC[C@@H]3[C@@H]2CC[C@]2(C)[C@@H]([C@H](C)[C@@H](C)O)CC[C@@H]32)C1. The van der Waals surface area contributed by atoms with Crippen LogP contribution in [-0.4, -0.2) is 21.9 Å². The Morgan fingerprint density at radius 1 is 0.889 bits per heavy atom. The van der Waals surface area contributed by atoms with Crippen molar-refractivity contribution in [2.75, 3.05) is 0 Å². The van der Waals surface area contributed by atoms with Crippen LogP contribution in [0.1, 0.15) is 98.8 Å². The van der Waals surface area contributed by atoms with E-state index >= 15 is 0 Å². The van der Waals surface area contributed by atoms with E-state index in [1.54, 1.807) is 0 Å². The Kier molecular flexibility index (Phi) is 5.03. The molecule has 0 aromatic carbocycles. The second-order valence-electron chi connectivity index (χ2n) is 11.8. The average Bonchev–Trinajstić information content (AvgIpc) is 2.99. The first kappa shape index (κ1) is 20.2. The van der Waals surface area contributed by atoms with Crippen molar-refractivity contribution in [1.29, 1.82) is 0 Å². The van der Waals surface area contributed by atoms with Gasteiger partial charge >= 0.3 is 0 Å². The summed E-state index contributed by atoms with van der Waals surface area (Å²) in [6.07, 6.45) is 12.2. The van der Waals surface area contributed by atoms with Gasteiger partial charge < -0.3 is 10.2 Å². The molecule has 0 unspecified atom stereocenters. The van der Waals surface area contributed by atoms with Crippen molar-refractivity contribution in [3.8, 4) is 0 Å². The molecule has 0 aliphatic heterocycles. The fraction of sp³-hybridized carbons (Fsp3) is 1.00. The zero-order chi connectivity index (χ0) is 19.6. The molecule has 10 atom stereocenters. The van der Waals surface area contributed by atoms with Gasteiger partial charge in [-0.05, 0) is 117 Å². The van der Waals surface area contributed by atoms with Crippen molar-refractivity contribution in [3.63, 3.8) is 0 Å². The van der Waals surface area contributed by atoms with Crippen LogP contribution in [-0.2, 0) is 0 Å². The van der Waals surface area contributed by atoms with Crippen molar-refractivity contribution in [1.82, 2.24) is 0 Å². The molecule has 0 heterocycles. The van der Waals surface area contributed by atoms with E-state index in [1.807, 2.05) is 6.92 Å². The Morgan fingerprint density at radius 2 is 1.59 bits per heavy atom. The molecule has 2 N–H and O–H groups in total. The van der Waals surface area contributed by atoms with Crippen LogP contribution in [0.25, 0.3) is 0 Å². The van der Waals surface area contributed by atoms with Gasteiger partial charge in [-0.15, -0.1) is 0 Å². The van der Waals surface area contributed by atoms with Gasteiger partial charge in [-0.25, -0.2) is 0 Å². The van der Waals surface area contributed by atoms with E-state index in [0.29, 0.717) is 22.7 Å². The quantitative estimate of drug-likeness (QED) is 0.653. The molecule has 0 aromatic heterocycles. The molecule has 2 heteroatoms. The molecular formula is C25H44O2. The van der Waals surface area contributed by atoms with Crippen molar-refractivity contribution < 1.29 is 10.2 Å². The lowest BCUT2D eigenvalue weighted by atomic mass is 9.43. The van der Waals surface area contributed by atoms with Crippen molar-refractivity contribution in [3.05, 3.63) is 0 Å².